The lowest BCUT2D eigenvalue weighted by Gasteiger charge is -2.32. The Bertz CT molecular complexity index is 478. The molecule has 22 heavy (non-hydrogen) atoms. The van der Waals surface area contributed by atoms with Gasteiger partial charge in [-0.25, -0.2) is 0 Å². The molecule has 1 aliphatic heterocycles. The molecule has 1 aliphatic rings. The Morgan fingerprint density at radius 2 is 1.86 bits per heavy atom. The van der Waals surface area contributed by atoms with E-state index in [1.165, 1.54) is 25.3 Å². The number of nitrogens with zero attached hydrogens (tertiary/aromatic N) is 1. The lowest BCUT2D eigenvalue weighted by atomic mass is 9.89. The van der Waals surface area contributed by atoms with Crippen molar-refractivity contribution in [3.63, 3.8) is 0 Å². The van der Waals surface area contributed by atoms with Crippen LogP contribution in [0.2, 0.25) is 0 Å². The molecule has 1 aromatic rings. The number of likely N-dealkylation sites (tertiary alicyclic amines) is 1. The molecule has 0 radical (unpaired) electrons. The van der Waals surface area contributed by atoms with Gasteiger partial charge in [-0.15, -0.1) is 0 Å². The van der Waals surface area contributed by atoms with Crippen LogP contribution < -0.4 is 0 Å². The zero-order valence-electron chi connectivity index (χ0n) is 13.3. The number of Topliss-reactive ketones (excluding diaryl/α,β-unsaturated/α-hetero) is 1. The van der Waals surface area contributed by atoms with Gasteiger partial charge in [-0.1, -0.05) is 30.3 Å². The van der Waals surface area contributed by atoms with Crippen molar-refractivity contribution >= 4 is 11.8 Å². The van der Waals surface area contributed by atoms with Gasteiger partial charge in [-0.3, -0.25) is 9.59 Å². The van der Waals surface area contributed by atoms with E-state index in [0.717, 1.165) is 26.1 Å². The van der Waals surface area contributed by atoms with Crippen molar-refractivity contribution < 1.29 is 14.3 Å². The van der Waals surface area contributed by atoms with E-state index in [-0.39, 0.29) is 12.2 Å². The summed E-state index contributed by atoms with van der Waals surface area (Å²) in [7, 11) is 0. The minimum absolute atomic E-state index is 0.109. The molecule has 1 fully saturated rings. The minimum atomic E-state index is -0.407. The maximum absolute atomic E-state index is 11.2. The van der Waals surface area contributed by atoms with Crippen molar-refractivity contribution in [2.45, 2.75) is 38.5 Å². The zero-order valence-corrected chi connectivity index (χ0v) is 13.3. The molecular formula is C18H25NO3. The second-order valence-corrected chi connectivity index (χ2v) is 5.98. The highest BCUT2D eigenvalue weighted by Crippen LogP contribution is 2.27. The second-order valence-electron chi connectivity index (χ2n) is 5.98. The van der Waals surface area contributed by atoms with Crippen LogP contribution in [0.3, 0.4) is 0 Å². The Kier molecular flexibility index (Phi) is 6.59. The van der Waals surface area contributed by atoms with Crippen molar-refractivity contribution in [2.75, 3.05) is 26.2 Å². The van der Waals surface area contributed by atoms with Gasteiger partial charge < -0.3 is 9.64 Å². The van der Waals surface area contributed by atoms with E-state index < -0.39 is 5.97 Å². The Balaban J connectivity index is 1.60. The monoisotopic (exact) mass is 303 g/mol. The smallest absolute Gasteiger partial charge is 0.313 e. The summed E-state index contributed by atoms with van der Waals surface area (Å²) in [5, 5.41) is 0. The van der Waals surface area contributed by atoms with E-state index in [1.807, 2.05) is 0 Å². The van der Waals surface area contributed by atoms with E-state index in [9.17, 15) is 9.59 Å². The number of hydrogen-bond acceptors (Lipinski definition) is 4. The average Bonchev–Trinajstić information content (AvgIpc) is 2.52. The Morgan fingerprint density at radius 3 is 2.50 bits per heavy atom. The highest BCUT2D eigenvalue weighted by atomic mass is 16.5. The van der Waals surface area contributed by atoms with E-state index >= 15 is 0 Å². The summed E-state index contributed by atoms with van der Waals surface area (Å²) in [5.41, 5.74) is 1.44. The molecule has 0 N–H and O–H groups in total. The molecule has 0 saturated carbocycles. The van der Waals surface area contributed by atoms with E-state index in [2.05, 4.69) is 35.2 Å². The molecule has 0 spiro atoms. The molecule has 120 valence electrons. The molecule has 0 bridgehead atoms. The fourth-order valence-corrected chi connectivity index (χ4v) is 2.94. The zero-order chi connectivity index (χ0) is 15.8. The first-order chi connectivity index (χ1) is 10.6. The number of carbonyl (C=O) groups excluding carboxylic acids is 2. The van der Waals surface area contributed by atoms with Gasteiger partial charge in [0.15, 0.2) is 0 Å². The van der Waals surface area contributed by atoms with Crippen molar-refractivity contribution in [1.82, 2.24) is 4.90 Å². The van der Waals surface area contributed by atoms with Gasteiger partial charge in [0.1, 0.15) is 12.2 Å². The maximum Gasteiger partial charge on any atom is 0.313 e. The van der Waals surface area contributed by atoms with Crippen molar-refractivity contribution in [2.24, 2.45) is 0 Å². The molecule has 4 heteroatoms. The summed E-state index contributed by atoms with van der Waals surface area (Å²) in [5.74, 6) is 0.120. The fourth-order valence-electron chi connectivity index (χ4n) is 2.94. The molecule has 0 amide bonds. The van der Waals surface area contributed by atoms with Gasteiger partial charge in [0, 0.05) is 6.54 Å². The first-order valence-electron chi connectivity index (χ1n) is 8.07. The molecule has 1 aromatic carbocycles. The van der Waals surface area contributed by atoms with Crippen LogP contribution in [0.5, 0.6) is 0 Å². The predicted octanol–water partition coefficient (Wildman–Crippen LogP) is 2.78. The number of piperidine rings is 1. The summed E-state index contributed by atoms with van der Waals surface area (Å²) in [6.45, 7) is 4.96. The van der Waals surface area contributed by atoms with Crippen molar-refractivity contribution in [3.05, 3.63) is 35.9 Å². The molecule has 0 aliphatic carbocycles. The molecule has 1 heterocycles. The third-order valence-electron chi connectivity index (χ3n) is 4.13. The van der Waals surface area contributed by atoms with Crippen LogP contribution in [-0.2, 0) is 14.3 Å². The van der Waals surface area contributed by atoms with Gasteiger partial charge in [-0.2, -0.15) is 0 Å². The molecule has 4 nitrogen and oxygen atoms in total. The Hall–Kier alpha value is -1.68. The summed E-state index contributed by atoms with van der Waals surface area (Å²) >= 11 is 0. The summed E-state index contributed by atoms with van der Waals surface area (Å²) in [4.78, 5) is 24.4. The highest BCUT2D eigenvalue weighted by molar-refractivity contribution is 5.94. The third-order valence-corrected chi connectivity index (χ3v) is 4.13. The number of rotatable bonds is 7. The van der Waals surface area contributed by atoms with Crippen LogP contribution in [0.25, 0.3) is 0 Å². The van der Waals surface area contributed by atoms with E-state index in [1.54, 1.807) is 0 Å². The first-order valence-corrected chi connectivity index (χ1v) is 8.07. The number of ketones is 1. The predicted molar refractivity (Wildman–Crippen MR) is 85.7 cm³/mol. The Morgan fingerprint density at radius 1 is 1.18 bits per heavy atom. The van der Waals surface area contributed by atoms with Crippen LogP contribution in [0.4, 0.5) is 0 Å². The van der Waals surface area contributed by atoms with Gasteiger partial charge in [-0.05, 0) is 50.8 Å². The SMILES string of the molecule is CC(=O)CC(=O)OCCCN1CCC(c2ccccc2)CC1. The standard InChI is InChI=1S/C18H25NO3/c1-15(20)14-18(21)22-13-5-10-19-11-8-17(9-12-19)16-6-3-2-4-7-16/h2-4,6-7,17H,5,8-14H2,1H3. The van der Waals surface area contributed by atoms with Crippen LogP contribution >= 0.6 is 0 Å². The third kappa shape index (κ3) is 5.60. The van der Waals surface area contributed by atoms with Crippen LogP contribution in [-0.4, -0.2) is 42.9 Å². The molecular weight excluding hydrogens is 278 g/mol. The van der Waals surface area contributed by atoms with Crippen molar-refractivity contribution in [1.29, 1.82) is 0 Å². The van der Waals surface area contributed by atoms with E-state index in [4.69, 9.17) is 4.74 Å². The van der Waals surface area contributed by atoms with Gasteiger partial charge in [0.2, 0.25) is 0 Å². The largest absolute Gasteiger partial charge is 0.465 e. The quantitative estimate of drug-likeness (QED) is 0.441. The normalized spacial score (nSPS) is 16.4. The lowest BCUT2D eigenvalue weighted by Crippen LogP contribution is -2.34. The minimum Gasteiger partial charge on any atom is -0.465 e. The summed E-state index contributed by atoms with van der Waals surface area (Å²) in [6.07, 6.45) is 3.10. The number of esters is 1. The fraction of sp³-hybridized carbons (Fsp3) is 0.556. The van der Waals surface area contributed by atoms with Crippen LogP contribution in [0.1, 0.15) is 44.1 Å². The topological polar surface area (TPSA) is 46.6 Å². The number of benzene rings is 1. The molecule has 2 rings (SSSR count). The van der Waals surface area contributed by atoms with E-state index in [0.29, 0.717) is 12.5 Å². The van der Waals surface area contributed by atoms with Crippen molar-refractivity contribution in [3.8, 4) is 0 Å². The first kappa shape index (κ1) is 16.7. The van der Waals surface area contributed by atoms with Crippen LogP contribution in [0.15, 0.2) is 30.3 Å². The lowest BCUT2D eigenvalue weighted by molar-refractivity contribution is -0.145. The van der Waals surface area contributed by atoms with Gasteiger partial charge in [0.05, 0.1) is 6.61 Å². The second kappa shape index (κ2) is 8.69. The van der Waals surface area contributed by atoms with Gasteiger partial charge >= 0.3 is 5.97 Å². The van der Waals surface area contributed by atoms with Gasteiger partial charge in [0.25, 0.3) is 0 Å². The highest BCUT2D eigenvalue weighted by Gasteiger charge is 2.20. The molecule has 0 unspecified atom stereocenters. The average molecular weight is 303 g/mol. The number of ether oxygens (including phenoxy) is 1. The molecule has 0 aromatic heterocycles. The molecule has 0 atom stereocenters. The number of carbonyl (C=O) groups is 2. The summed E-state index contributed by atoms with van der Waals surface area (Å²) in [6, 6.07) is 10.7. The molecule has 1 saturated heterocycles. The summed E-state index contributed by atoms with van der Waals surface area (Å²) < 4.78 is 5.05. The van der Waals surface area contributed by atoms with Crippen LogP contribution in [0, 0.1) is 0 Å². The maximum atomic E-state index is 11.2. The number of hydrogen-bond donors (Lipinski definition) is 0. The Labute approximate surface area is 132 Å².